The molecule has 0 aliphatic carbocycles. The second-order valence-electron chi connectivity index (χ2n) is 8.89. The SMILES string of the molecule is CCCNC(=O)[C@H](CC)N(Cc1cccc(OC)c1)C(=O)CN(c1ccc(Cl)cc1)S(=O)(=O)c1ccccc1. The van der Waals surface area contributed by atoms with Crippen LogP contribution in [0.1, 0.15) is 32.3 Å². The number of sulfonamides is 1. The molecule has 0 saturated heterocycles. The predicted molar refractivity (Wildman–Crippen MR) is 153 cm³/mol. The molecule has 0 radical (unpaired) electrons. The molecule has 208 valence electrons. The van der Waals surface area contributed by atoms with Crippen LogP contribution in [0.3, 0.4) is 0 Å². The van der Waals surface area contributed by atoms with Crippen LogP contribution in [-0.2, 0) is 26.2 Å². The van der Waals surface area contributed by atoms with E-state index in [0.29, 0.717) is 23.7 Å². The summed E-state index contributed by atoms with van der Waals surface area (Å²) in [4.78, 5) is 28.6. The van der Waals surface area contributed by atoms with Gasteiger partial charge in [0.05, 0.1) is 17.7 Å². The van der Waals surface area contributed by atoms with E-state index in [9.17, 15) is 18.0 Å². The van der Waals surface area contributed by atoms with Gasteiger partial charge in [-0.1, -0.05) is 55.8 Å². The molecule has 3 aromatic rings. The van der Waals surface area contributed by atoms with E-state index in [1.165, 1.54) is 17.0 Å². The number of rotatable bonds is 13. The van der Waals surface area contributed by atoms with Crippen LogP contribution in [0.2, 0.25) is 5.02 Å². The lowest BCUT2D eigenvalue weighted by molar-refractivity contribution is -0.140. The van der Waals surface area contributed by atoms with Crippen molar-refractivity contribution in [3.05, 3.63) is 89.4 Å². The minimum atomic E-state index is -4.12. The summed E-state index contributed by atoms with van der Waals surface area (Å²) in [6, 6.07) is 20.5. The van der Waals surface area contributed by atoms with E-state index in [-0.39, 0.29) is 23.0 Å². The molecule has 0 saturated carbocycles. The molecular formula is C29H34ClN3O5S. The first-order valence-corrected chi connectivity index (χ1v) is 14.6. The van der Waals surface area contributed by atoms with E-state index in [1.54, 1.807) is 67.8 Å². The number of anilines is 1. The van der Waals surface area contributed by atoms with Gasteiger partial charge < -0.3 is 15.0 Å². The van der Waals surface area contributed by atoms with Crippen molar-refractivity contribution in [1.29, 1.82) is 0 Å². The Labute approximate surface area is 235 Å². The van der Waals surface area contributed by atoms with Gasteiger partial charge in [-0.25, -0.2) is 8.42 Å². The van der Waals surface area contributed by atoms with Crippen molar-refractivity contribution in [3.8, 4) is 5.75 Å². The summed E-state index contributed by atoms with van der Waals surface area (Å²) in [5.41, 5.74) is 1.02. The summed E-state index contributed by atoms with van der Waals surface area (Å²) >= 11 is 6.06. The maximum Gasteiger partial charge on any atom is 0.264 e. The van der Waals surface area contributed by atoms with E-state index in [4.69, 9.17) is 16.3 Å². The zero-order chi connectivity index (χ0) is 28.4. The lowest BCUT2D eigenvalue weighted by atomic mass is 10.1. The third kappa shape index (κ3) is 7.74. The van der Waals surface area contributed by atoms with Crippen molar-refractivity contribution >= 4 is 39.1 Å². The number of amides is 2. The summed E-state index contributed by atoms with van der Waals surface area (Å²) in [5, 5.41) is 3.30. The largest absolute Gasteiger partial charge is 0.497 e. The number of hydrogen-bond acceptors (Lipinski definition) is 5. The summed E-state index contributed by atoms with van der Waals surface area (Å²) in [7, 11) is -2.57. The average Bonchev–Trinajstić information content (AvgIpc) is 2.95. The van der Waals surface area contributed by atoms with Gasteiger partial charge in [-0.15, -0.1) is 0 Å². The van der Waals surface area contributed by atoms with E-state index in [2.05, 4.69) is 5.32 Å². The van der Waals surface area contributed by atoms with Gasteiger partial charge in [0.1, 0.15) is 18.3 Å². The van der Waals surface area contributed by atoms with Gasteiger partial charge in [0.15, 0.2) is 0 Å². The minimum absolute atomic E-state index is 0.0415. The van der Waals surface area contributed by atoms with Crippen LogP contribution in [0.5, 0.6) is 5.75 Å². The molecule has 0 aromatic heterocycles. The number of carbonyl (C=O) groups excluding carboxylic acids is 2. The number of nitrogens with zero attached hydrogens (tertiary/aromatic N) is 2. The molecule has 0 fully saturated rings. The third-order valence-corrected chi connectivity index (χ3v) is 8.19. The lowest BCUT2D eigenvalue weighted by Gasteiger charge is -2.33. The van der Waals surface area contributed by atoms with Gasteiger partial charge >= 0.3 is 0 Å². The highest BCUT2D eigenvalue weighted by Crippen LogP contribution is 2.26. The Balaban J connectivity index is 2.04. The third-order valence-electron chi connectivity index (χ3n) is 6.15. The predicted octanol–water partition coefficient (Wildman–Crippen LogP) is 4.88. The molecule has 0 bridgehead atoms. The molecule has 1 atom stereocenters. The molecular weight excluding hydrogens is 538 g/mol. The first-order valence-electron chi connectivity index (χ1n) is 12.7. The molecule has 1 N–H and O–H groups in total. The zero-order valence-corrected chi connectivity index (χ0v) is 23.9. The van der Waals surface area contributed by atoms with Crippen molar-refractivity contribution in [2.45, 2.75) is 44.2 Å². The van der Waals surface area contributed by atoms with Gasteiger partial charge in [0.25, 0.3) is 10.0 Å². The number of ether oxygens (including phenoxy) is 1. The molecule has 3 rings (SSSR count). The molecule has 0 aliphatic rings. The van der Waals surface area contributed by atoms with Gasteiger partial charge in [0.2, 0.25) is 11.8 Å². The van der Waals surface area contributed by atoms with Gasteiger partial charge in [-0.05, 0) is 66.9 Å². The Bertz CT molecular complexity index is 1350. The Morgan fingerprint density at radius 2 is 1.67 bits per heavy atom. The lowest BCUT2D eigenvalue weighted by Crippen LogP contribution is -2.52. The molecule has 0 heterocycles. The van der Waals surface area contributed by atoms with Crippen molar-refractivity contribution in [3.63, 3.8) is 0 Å². The Morgan fingerprint density at radius 3 is 2.28 bits per heavy atom. The summed E-state index contributed by atoms with van der Waals surface area (Å²) in [5.74, 6) is -0.205. The molecule has 39 heavy (non-hydrogen) atoms. The molecule has 3 aromatic carbocycles. The van der Waals surface area contributed by atoms with Crippen LogP contribution < -0.4 is 14.4 Å². The summed E-state index contributed by atoms with van der Waals surface area (Å²) in [6.45, 7) is 3.81. The van der Waals surface area contributed by atoms with Crippen LogP contribution >= 0.6 is 11.6 Å². The fourth-order valence-corrected chi connectivity index (χ4v) is 5.67. The van der Waals surface area contributed by atoms with Gasteiger partial charge in [-0.2, -0.15) is 0 Å². The number of benzene rings is 3. The van der Waals surface area contributed by atoms with E-state index in [1.807, 2.05) is 19.9 Å². The number of hydrogen-bond donors (Lipinski definition) is 1. The monoisotopic (exact) mass is 571 g/mol. The van der Waals surface area contributed by atoms with Crippen molar-refractivity contribution in [2.24, 2.45) is 0 Å². The zero-order valence-electron chi connectivity index (χ0n) is 22.3. The molecule has 0 unspecified atom stereocenters. The fourth-order valence-electron chi connectivity index (χ4n) is 4.11. The van der Waals surface area contributed by atoms with E-state index < -0.39 is 28.5 Å². The summed E-state index contributed by atoms with van der Waals surface area (Å²) < 4.78 is 33.9. The second-order valence-corrected chi connectivity index (χ2v) is 11.2. The van der Waals surface area contributed by atoms with Crippen LogP contribution in [0, 0.1) is 0 Å². The average molecular weight is 572 g/mol. The molecule has 2 amide bonds. The Morgan fingerprint density at radius 1 is 0.974 bits per heavy atom. The van der Waals surface area contributed by atoms with Crippen molar-refractivity contribution < 1.29 is 22.7 Å². The topological polar surface area (TPSA) is 96.0 Å². The first kappa shape index (κ1) is 30.0. The second kappa shape index (κ2) is 14.0. The quantitative estimate of drug-likeness (QED) is 0.315. The molecule has 8 nitrogen and oxygen atoms in total. The highest BCUT2D eigenvalue weighted by atomic mass is 35.5. The smallest absolute Gasteiger partial charge is 0.264 e. The molecule has 10 heteroatoms. The molecule has 0 spiro atoms. The highest BCUT2D eigenvalue weighted by Gasteiger charge is 2.33. The van der Waals surface area contributed by atoms with Crippen LogP contribution in [0.15, 0.2) is 83.8 Å². The van der Waals surface area contributed by atoms with Gasteiger partial charge in [0, 0.05) is 18.1 Å². The number of halogens is 1. The first-order chi connectivity index (χ1) is 18.7. The minimum Gasteiger partial charge on any atom is -0.497 e. The van der Waals surface area contributed by atoms with E-state index >= 15 is 0 Å². The number of nitrogens with one attached hydrogen (secondary N) is 1. The maximum absolute atomic E-state index is 14.0. The van der Waals surface area contributed by atoms with Crippen LogP contribution in [-0.4, -0.2) is 51.4 Å². The standard InChI is InChI=1S/C29H34ClN3O5S/c1-4-18-31-29(35)27(5-2)32(20-22-10-9-11-25(19-22)38-3)28(34)21-33(24-16-14-23(30)15-17-24)39(36,37)26-12-7-6-8-13-26/h6-17,19,27H,4-5,18,20-21H2,1-3H3,(H,31,35)/t27-/m0/s1. The molecule has 0 aliphatic heterocycles. The van der Waals surface area contributed by atoms with Crippen LogP contribution in [0.4, 0.5) is 5.69 Å². The fraction of sp³-hybridized carbons (Fsp3) is 0.310. The van der Waals surface area contributed by atoms with Gasteiger partial charge in [-0.3, -0.25) is 13.9 Å². The Hall–Kier alpha value is -3.56. The Kier molecular flexibility index (Phi) is 10.8. The maximum atomic E-state index is 14.0. The normalized spacial score (nSPS) is 11.9. The van der Waals surface area contributed by atoms with Crippen molar-refractivity contribution in [1.82, 2.24) is 10.2 Å². The number of methoxy groups -OCH3 is 1. The van der Waals surface area contributed by atoms with Crippen LogP contribution in [0.25, 0.3) is 0 Å². The van der Waals surface area contributed by atoms with E-state index in [0.717, 1.165) is 16.3 Å². The number of carbonyl (C=O) groups is 2. The summed E-state index contributed by atoms with van der Waals surface area (Å²) in [6.07, 6.45) is 1.09. The highest BCUT2D eigenvalue weighted by molar-refractivity contribution is 7.92. The van der Waals surface area contributed by atoms with Crippen molar-refractivity contribution in [2.75, 3.05) is 24.5 Å².